The van der Waals surface area contributed by atoms with Crippen molar-refractivity contribution in [3.05, 3.63) is 70.6 Å². The van der Waals surface area contributed by atoms with Crippen molar-refractivity contribution in [2.75, 3.05) is 32.0 Å². The van der Waals surface area contributed by atoms with Crippen LogP contribution in [0.3, 0.4) is 0 Å². The normalized spacial score (nSPS) is 16.2. The van der Waals surface area contributed by atoms with Crippen molar-refractivity contribution in [3.63, 3.8) is 0 Å². The summed E-state index contributed by atoms with van der Waals surface area (Å²) in [7, 11) is 0. The van der Waals surface area contributed by atoms with Gasteiger partial charge in [0.25, 0.3) is 0 Å². The summed E-state index contributed by atoms with van der Waals surface area (Å²) < 4.78 is 33.1. The Morgan fingerprint density at radius 2 is 2.00 bits per heavy atom. The molecule has 1 saturated heterocycles. The van der Waals surface area contributed by atoms with Crippen LogP contribution in [0.25, 0.3) is 11.3 Å². The first-order valence-corrected chi connectivity index (χ1v) is 12.7. The van der Waals surface area contributed by atoms with Gasteiger partial charge >= 0.3 is 5.97 Å². The monoisotopic (exact) mass is 519 g/mol. The lowest BCUT2D eigenvalue weighted by Gasteiger charge is -2.33. The predicted molar refractivity (Wildman–Crippen MR) is 130 cm³/mol. The molecule has 35 heavy (non-hydrogen) atoms. The van der Waals surface area contributed by atoms with Crippen molar-refractivity contribution in [2.24, 2.45) is 0 Å². The number of morpholine rings is 1. The van der Waals surface area contributed by atoms with Crippen LogP contribution in [0.15, 0.2) is 52.2 Å². The van der Waals surface area contributed by atoms with E-state index in [4.69, 9.17) is 9.84 Å². The van der Waals surface area contributed by atoms with Crippen LogP contribution in [0, 0.1) is 11.6 Å². The molecule has 0 aliphatic carbocycles. The predicted octanol–water partition coefficient (Wildman–Crippen LogP) is 3.90. The topological polar surface area (TPSA) is 91.8 Å². The number of thiazole rings is 1. The standard InChI is InChI=1S/C24H23F2N3O4S2/c25-19-6-1-15(9-20(19)26)11-29-7-8-33-18(12-29)10-27-22(30)14-35-24-28-21(13-34-24)16-2-4-17(5-3-16)23(31)32/h1-6,9,13,18H,7-8,10-12,14H2,(H,27,30)(H,31,32)/t18-/m0/s1. The highest BCUT2D eigenvalue weighted by Gasteiger charge is 2.21. The van der Waals surface area contributed by atoms with Gasteiger partial charge in [0.1, 0.15) is 0 Å². The number of ether oxygens (including phenoxy) is 1. The van der Waals surface area contributed by atoms with Crippen LogP contribution in [0.1, 0.15) is 15.9 Å². The first kappa shape index (κ1) is 25.2. The van der Waals surface area contributed by atoms with E-state index in [0.29, 0.717) is 38.3 Å². The molecule has 1 aromatic heterocycles. The van der Waals surface area contributed by atoms with Crippen LogP contribution in [-0.4, -0.2) is 65.0 Å². The van der Waals surface area contributed by atoms with Gasteiger partial charge in [-0.05, 0) is 29.8 Å². The summed E-state index contributed by atoms with van der Waals surface area (Å²) in [5, 5.41) is 13.7. The average Bonchev–Trinajstić information content (AvgIpc) is 3.33. The van der Waals surface area contributed by atoms with E-state index in [0.717, 1.165) is 21.7 Å². The second-order valence-electron chi connectivity index (χ2n) is 7.95. The first-order chi connectivity index (χ1) is 16.9. The fourth-order valence-electron chi connectivity index (χ4n) is 3.59. The molecule has 3 aromatic rings. The highest BCUT2D eigenvalue weighted by atomic mass is 32.2. The Balaban J connectivity index is 1.20. The van der Waals surface area contributed by atoms with Crippen LogP contribution in [-0.2, 0) is 16.1 Å². The molecule has 1 fully saturated rings. The number of carboxylic acids is 1. The van der Waals surface area contributed by atoms with E-state index in [1.54, 1.807) is 18.2 Å². The van der Waals surface area contributed by atoms with Gasteiger partial charge in [-0.3, -0.25) is 9.69 Å². The SMILES string of the molecule is O=C(CSc1nc(-c2ccc(C(=O)O)cc2)cs1)NC[C@H]1CN(Cc2ccc(F)c(F)c2)CCO1. The molecule has 1 atom stereocenters. The molecule has 2 aromatic carbocycles. The molecule has 0 spiro atoms. The van der Waals surface area contributed by atoms with E-state index in [1.165, 1.54) is 41.3 Å². The third kappa shape index (κ3) is 7.07. The zero-order chi connectivity index (χ0) is 24.8. The van der Waals surface area contributed by atoms with E-state index >= 15 is 0 Å². The van der Waals surface area contributed by atoms with Crippen LogP contribution in [0.5, 0.6) is 0 Å². The minimum atomic E-state index is -0.980. The molecule has 1 aliphatic heterocycles. The number of hydrogen-bond donors (Lipinski definition) is 2. The smallest absolute Gasteiger partial charge is 0.335 e. The van der Waals surface area contributed by atoms with Crippen LogP contribution in [0.4, 0.5) is 8.78 Å². The van der Waals surface area contributed by atoms with Gasteiger partial charge in [-0.15, -0.1) is 11.3 Å². The van der Waals surface area contributed by atoms with E-state index in [-0.39, 0.29) is 23.3 Å². The Bertz CT molecular complexity index is 1190. The molecule has 0 bridgehead atoms. The zero-order valence-corrected chi connectivity index (χ0v) is 20.2. The number of benzene rings is 2. The van der Waals surface area contributed by atoms with Crippen molar-refractivity contribution >= 4 is 35.0 Å². The minimum Gasteiger partial charge on any atom is -0.478 e. The van der Waals surface area contributed by atoms with Crippen molar-refractivity contribution in [1.29, 1.82) is 0 Å². The number of hydrogen-bond acceptors (Lipinski definition) is 7. The van der Waals surface area contributed by atoms with E-state index in [9.17, 15) is 18.4 Å². The molecule has 184 valence electrons. The second kappa shape index (κ2) is 11.7. The van der Waals surface area contributed by atoms with Gasteiger partial charge in [-0.25, -0.2) is 18.6 Å². The van der Waals surface area contributed by atoms with Crippen LogP contribution >= 0.6 is 23.1 Å². The fraction of sp³-hybridized carbons (Fsp3) is 0.292. The molecule has 2 N–H and O–H groups in total. The fourth-order valence-corrected chi connectivity index (χ4v) is 5.25. The van der Waals surface area contributed by atoms with Gasteiger partial charge in [-0.1, -0.05) is 30.0 Å². The third-order valence-corrected chi connectivity index (χ3v) is 7.40. The van der Waals surface area contributed by atoms with Crippen molar-refractivity contribution in [1.82, 2.24) is 15.2 Å². The Labute approximate surface area is 209 Å². The highest BCUT2D eigenvalue weighted by Crippen LogP contribution is 2.28. The molecular weight excluding hydrogens is 496 g/mol. The number of carbonyl (C=O) groups excluding carboxylic acids is 1. The van der Waals surface area contributed by atoms with Crippen LogP contribution < -0.4 is 5.32 Å². The molecule has 4 rings (SSSR count). The van der Waals surface area contributed by atoms with Gasteiger partial charge in [-0.2, -0.15) is 0 Å². The maximum atomic E-state index is 13.5. The Morgan fingerprint density at radius 3 is 2.74 bits per heavy atom. The first-order valence-electron chi connectivity index (χ1n) is 10.8. The Hall–Kier alpha value is -2.86. The molecule has 7 nitrogen and oxygen atoms in total. The Kier molecular flexibility index (Phi) is 8.45. The second-order valence-corrected chi connectivity index (χ2v) is 10.0. The molecule has 0 unspecified atom stereocenters. The van der Waals surface area contributed by atoms with Gasteiger partial charge in [0.15, 0.2) is 16.0 Å². The molecule has 0 radical (unpaired) electrons. The number of nitrogens with zero attached hydrogens (tertiary/aromatic N) is 2. The maximum Gasteiger partial charge on any atom is 0.335 e. The van der Waals surface area contributed by atoms with Crippen molar-refractivity contribution in [3.8, 4) is 11.3 Å². The number of rotatable bonds is 9. The molecule has 0 saturated carbocycles. The summed E-state index contributed by atoms with van der Waals surface area (Å²) in [6.07, 6.45) is -0.191. The van der Waals surface area contributed by atoms with E-state index in [2.05, 4.69) is 15.2 Å². The van der Waals surface area contributed by atoms with Crippen LogP contribution in [0.2, 0.25) is 0 Å². The minimum absolute atomic E-state index is 0.140. The van der Waals surface area contributed by atoms with E-state index < -0.39 is 17.6 Å². The average molecular weight is 520 g/mol. The number of aromatic carboxylic acids is 1. The van der Waals surface area contributed by atoms with Gasteiger partial charge < -0.3 is 15.2 Å². The quantitative estimate of drug-likeness (QED) is 0.415. The summed E-state index contributed by atoms with van der Waals surface area (Å²) in [6.45, 7) is 2.57. The number of thioether (sulfide) groups is 1. The lowest BCUT2D eigenvalue weighted by molar-refractivity contribution is -0.119. The summed E-state index contributed by atoms with van der Waals surface area (Å²) >= 11 is 2.75. The maximum absolute atomic E-state index is 13.5. The number of carbonyl (C=O) groups is 2. The number of nitrogens with one attached hydrogen (secondary N) is 1. The van der Waals surface area contributed by atoms with Crippen molar-refractivity contribution < 1.29 is 28.2 Å². The molecule has 11 heteroatoms. The summed E-state index contributed by atoms with van der Waals surface area (Å²) in [6, 6.07) is 10.4. The number of halogens is 2. The summed E-state index contributed by atoms with van der Waals surface area (Å²) in [5.41, 5.74) is 2.44. The lowest BCUT2D eigenvalue weighted by Crippen LogP contribution is -2.47. The summed E-state index contributed by atoms with van der Waals surface area (Å²) in [5.74, 6) is -2.64. The largest absolute Gasteiger partial charge is 0.478 e. The number of aromatic nitrogens is 1. The lowest BCUT2D eigenvalue weighted by atomic mass is 10.1. The molecule has 2 heterocycles. The third-order valence-electron chi connectivity index (χ3n) is 5.38. The van der Waals surface area contributed by atoms with Gasteiger partial charge in [0.05, 0.1) is 29.7 Å². The molecular formula is C24H23F2N3O4S2. The zero-order valence-electron chi connectivity index (χ0n) is 18.6. The van der Waals surface area contributed by atoms with E-state index in [1.807, 2.05) is 5.38 Å². The Morgan fingerprint density at radius 1 is 1.20 bits per heavy atom. The number of carboxylic acid groups (broad SMARTS) is 1. The highest BCUT2D eigenvalue weighted by molar-refractivity contribution is 8.01. The van der Waals surface area contributed by atoms with Gasteiger partial charge in [0, 0.05) is 37.1 Å². The van der Waals surface area contributed by atoms with Gasteiger partial charge in [0.2, 0.25) is 5.91 Å². The molecule has 1 amide bonds. The van der Waals surface area contributed by atoms with Crippen molar-refractivity contribution in [2.45, 2.75) is 17.0 Å². The number of amides is 1. The summed E-state index contributed by atoms with van der Waals surface area (Å²) in [4.78, 5) is 29.9. The molecule has 1 aliphatic rings.